The van der Waals surface area contributed by atoms with Gasteiger partial charge in [0.15, 0.2) is 18.1 Å². The van der Waals surface area contributed by atoms with Gasteiger partial charge < -0.3 is 29.8 Å². The number of nitrogens with two attached hydrogens (primary N) is 1. The van der Waals surface area contributed by atoms with Crippen molar-refractivity contribution in [2.24, 2.45) is 0 Å². The van der Waals surface area contributed by atoms with Crippen LogP contribution >= 0.6 is 0 Å². The van der Waals surface area contributed by atoms with Gasteiger partial charge in [0.25, 0.3) is 5.91 Å². The maximum absolute atomic E-state index is 12.0. The molecule has 25 heavy (non-hydrogen) atoms. The van der Waals surface area contributed by atoms with Gasteiger partial charge in [-0.15, -0.1) is 0 Å². The van der Waals surface area contributed by atoms with Crippen molar-refractivity contribution < 1.29 is 28.3 Å². The van der Waals surface area contributed by atoms with Gasteiger partial charge in [0.2, 0.25) is 5.88 Å². The standard InChI is InChI=1S/C16H17N3O6/c1-9-14(15(17)25-19-9)16(21)24-8-13(20)18-10-3-4-11-12(7-10)23-6-2-5-22-11/h3-4,7H,2,5-6,8,17H2,1H3,(H,18,20). The third-order valence-corrected chi connectivity index (χ3v) is 3.46. The number of carbonyl (C=O) groups excluding carboxylic acids is 2. The first-order valence-electron chi connectivity index (χ1n) is 7.63. The second-order valence-electron chi connectivity index (χ2n) is 5.34. The first-order chi connectivity index (χ1) is 12.0. The molecule has 2 heterocycles. The topological polar surface area (TPSA) is 126 Å². The molecule has 3 N–H and O–H groups in total. The molecular weight excluding hydrogens is 330 g/mol. The number of aryl methyl sites for hydroxylation is 1. The van der Waals surface area contributed by atoms with Crippen LogP contribution in [-0.2, 0) is 9.53 Å². The molecule has 0 unspecified atom stereocenters. The molecule has 1 amide bonds. The number of hydrogen-bond donors (Lipinski definition) is 2. The zero-order valence-corrected chi connectivity index (χ0v) is 13.5. The lowest BCUT2D eigenvalue weighted by atomic mass is 10.2. The fourth-order valence-electron chi connectivity index (χ4n) is 2.28. The van der Waals surface area contributed by atoms with Crippen LogP contribution in [0.3, 0.4) is 0 Å². The number of nitrogen functional groups attached to an aromatic ring is 1. The largest absolute Gasteiger partial charge is 0.490 e. The van der Waals surface area contributed by atoms with E-state index >= 15 is 0 Å². The molecule has 0 radical (unpaired) electrons. The summed E-state index contributed by atoms with van der Waals surface area (Å²) >= 11 is 0. The average Bonchev–Trinajstić information content (AvgIpc) is 2.79. The molecule has 1 aromatic heterocycles. The van der Waals surface area contributed by atoms with E-state index in [2.05, 4.69) is 15.0 Å². The van der Waals surface area contributed by atoms with E-state index in [1.807, 2.05) is 0 Å². The monoisotopic (exact) mass is 347 g/mol. The van der Waals surface area contributed by atoms with E-state index in [-0.39, 0.29) is 11.4 Å². The Morgan fingerprint density at radius 1 is 1.28 bits per heavy atom. The van der Waals surface area contributed by atoms with Crippen molar-refractivity contribution in [3.63, 3.8) is 0 Å². The molecule has 1 aromatic carbocycles. The molecule has 0 bridgehead atoms. The number of benzene rings is 1. The Morgan fingerprint density at radius 3 is 2.76 bits per heavy atom. The van der Waals surface area contributed by atoms with E-state index in [1.165, 1.54) is 0 Å². The predicted octanol–water partition coefficient (Wildman–Crippen LogP) is 1.52. The summed E-state index contributed by atoms with van der Waals surface area (Å²) in [5.74, 6) is -0.244. The van der Waals surface area contributed by atoms with Crippen molar-refractivity contribution in [2.75, 3.05) is 30.9 Å². The summed E-state index contributed by atoms with van der Waals surface area (Å²) in [5.41, 5.74) is 6.31. The highest BCUT2D eigenvalue weighted by molar-refractivity contribution is 5.98. The van der Waals surface area contributed by atoms with E-state index in [4.69, 9.17) is 19.9 Å². The molecule has 1 aliphatic heterocycles. The Kier molecular flexibility index (Phi) is 4.73. The van der Waals surface area contributed by atoms with E-state index in [9.17, 15) is 9.59 Å². The predicted molar refractivity (Wildman–Crippen MR) is 86.6 cm³/mol. The second kappa shape index (κ2) is 7.12. The fourth-order valence-corrected chi connectivity index (χ4v) is 2.28. The molecular formula is C16H17N3O6. The molecule has 9 heteroatoms. The summed E-state index contributed by atoms with van der Waals surface area (Å²) in [4.78, 5) is 23.9. The molecule has 0 saturated carbocycles. The summed E-state index contributed by atoms with van der Waals surface area (Å²) < 4.78 is 20.7. The van der Waals surface area contributed by atoms with Gasteiger partial charge in [-0.25, -0.2) is 4.79 Å². The van der Waals surface area contributed by atoms with Crippen LogP contribution in [0.25, 0.3) is 0 Å². The number of aromatic nitrogens is 1. The molecule has 3 rings (SSSR count). The number of nitrogens with one attached hydrogen (secondary N) is 1. The van der Waals surface area contributed by atoms with Crippen molar-refractivity contribution in [1.29, 1.82) is 0 Å². The SMILES string of the molecule is Cc1noc(N)c1C(=O)OCC(=O)Nc1ccc2c(c1)OCCCO2. The van der Waals surface area contributed by atoms with Gasteiger partial charge in [0, 0.05) is 18.2 Å². The number of carbonyl (C=O) groups is 2. The van der Waals surface area contributed by atoms with Crippen molar-refractivity contribution in [2.45, 2.75) is 13.3 Å². The smallest absolute Gasteiger partial charge is 0.346 e. The molecule has 2 aromatic rings. The minimum atomic E-state index is -0.773. The van der Waals surface area contributed by atoms with Gasteiger partial charge in [0.05, 0.1) is 18.9 Å². The maximum atomic E-state index is 12.0. The van der Waals surface area contributed by atoms with Crippen LogP contribution in [-0.4, -0.2) is 36.9 Å². The van der Waals surface area contributed by atoms with Crippen LogP contribution < -0.4 is 20.5 Å². The fraction of sp³-hybridized carbons (Fsp3) is 0.312. The maximum Gasteiger partial charge on any atom is 0.346 e. The zero-order chi connectivity index (χ0) is 17.8. The number of anilines is 2. The molecule has 132 valence electrons. The first-order valence-corrected chi connectivity index (χ1v) is 7.63. The molecule has 0 fully saturated rings. The summed E-state index contributed by atoms with van der Waals surface area (Å²) in [6.45, 7) is 2.20. The Morgan fingerprint density at radius 2 is 2.04 bits per heavy atom. The normalized spacial score (nSPS) is 13.0. The summed E-state index contributed by atoms with van der Waals surface area (Å²) in [6, 6.07) is 5.04. The van der Waals surface area contributed by atoms with E-state index in [1.54, 1.807) is 25.1 Å². The van der Waals surface area contributed by atoms with Gasteiger partial charge in [0.1, 0.15) is 5.56 Å². The minimum Gasteiger partial charge on any atom is -0.490 e. The number of hydrogen-bond acceptors (Lipinski definition) is 8. The number of fused-ring (bicyclic) bond motifs is 1. The Bertz CT molecular complexity index is 782. The average molecular weight is 347 g/mol. The highest BCUT2D eigenvalue weighted by Gasteiger charge is 2.21. The number of nitrogens with zero attached hydrogens (tertiary/aromatic N) is 1. The minimum absolute atomic E-state index is 0.0170. The van der Waals surface area contributed by atoms with Gasteiger partial charge >= 0.3 is 5.97 Å². The third kappa shape index (κ3) is 3.82. The summed E-state index contributed by atoms with van der Waals surface area (Å²) in [5, 5.41) is 6.17. The third-order valence-electron chi connectivity index (χ3n) is 3.46. The molecule has 0 atom stereocenters. The number of amides is 1. The van der Waals surface area contributed by atoms with Crippen molar-refractivity contribution in [3.8, 4) is 11.5 Å². The molecule has 1 aliphatic rings. The van der Waals surface area contributed by atoms with Crippen LogP contribution in [0.5, 0.6) is 11.5 Å². The Labute approximate surface area is 143 Å². The van der Waals surface area contributed by atoms with E-state index in [0.717, 1.165) is 6.42 Å². The molecule has 0 aliphatic carbocycles. The highest BCUT2D eigenvalue weighted by Crippen LogP contribution is 2.32. The van der Waals surface area contributed by atoms with E-state index < -0.39 is 18.5 Å². The highest BCUT2D eigenvalue weighted by atomic mass is 16.5. The number of esters is 1. The number of ether oxygens (including phenoxy) is 3. The number of rotatable bonds is 4. The van der Waals surface area contributed by atoms with Crippen molar-refractivity contribution >= 4 is 23.4 Å². The van der Waals surface area contributed by atoms with E-state index in [0.29, 0.717) is 36.1 Å². The van der Waals surface area contributed by atoms with Crippen LogP contribution in [0, 0.1) is 6.92 Å². The lowest BCUT2D eigenvalue weighted by Crippen LogP contribution is -2.21. The van der Waals surface area contributed by atoms with Gasteiger partial charge in [-0.3, -0.25) is 4.79 Å². The zero-order valence-electron chi connectivity index (χ0n) is 13.5. The van der Waals surface area contributed by atoms with Crippen LogP contribution in [0.15, 0.2) is 22.7 Å². The van der Waals surface area contributed by atoms with Crippen LogP contribution in [0.4, 0.5) is 11.6 Å². The lowest BCUT2D eigenvalue weighted by Gasteiger charge is -2.10. The van der Waals surface area contributed by atoms with Crippen LogP contribution in [0.1, 0.15) is 22.5 Å². The first kappa shape index (κ1) is 16.6. The Balaban J connectivity index is 1.58. The quantitative estimate of drug-likeness (QED) is 0.797. The molecule has 0 spiro atoms. The van der Waals surface area contributed by atoms with Crippen molar-refractivity contribution in [3.05, 3.63) is 29.5 Å². The van der Waals surface area contributed by atoms with Gasteiger partial charge in [-0.1, -0.05) is 5.16 Å². The summed E-state index contributed by atoms with van der Waals surface area (Å²) in [6.07, 6.45) is 0.789. The van der Waals surface area contributed by atoms with Gasteiger partial charge in [-0.05, 0) is 19.1 Å². The lowest BCUT2D eigenvalue weighted by molar-refractivity contribution is -0.119. The second-order valence-corrected chi connectivity index (χ2v) is 5.34. The Hall–Kier alpha value is -3.23. The van der Waals surface area contributed by atoms with Crippen molar-refractivity contribution in [1.82, 2.24) is 5.16 Å². The molecule has 9 nitrogen and oxygen atoms in total. The molecule has 0 saturated heterocycles. The van der Waals surface area contributed by atoms with Gasteiger partial charge in [-0.2, -0.15) is 0 Å². The summed E-state index contributed by atoms with van der Waals surface area (Å²) in [7, 11) is 0. The van der Waals surface area contributed by atoms with Crippen LogP contribution in [0.2, 0.25) is 0 Å².